The van der Waals surface area contributed by atoms with Gasteiger partial charge >= 0.3 is 12.1 Å². The molecule has 0 saturated carbocycles. The van der Waals surface area contributed by atoms with Crippen LogP contribution in [0.4, 0.5) is 4.79 Å². The van der Waals surface area contributed by atoms with Crippen LogP contribution < -0.4 is 4.74 Å². The first-order valence-corrected chi connectivity index (χ1v) is 8.04. The average Bonchev–Trinajstić information content (AvgIpc) is 2.81. The standard InChI is InChI=1S/C17H24N2O4/c1-3-22-16(20)14(2)18-10-7-11-19(13-12-18)17(21)23-15-8-5-4-6-9-15/h4-6,8-9,14H,3,7,10-13H2,1-2H3/t14-/m0/s1. The summed E-state index contributed by atoms with van der Waals surface area (Å²) < 4.78 is 10.4. The van der Waals surface area contributed by atoms with Crippen molar-refractivity contribution >= 4 is 12.1 Å². The Kier molecular flexibility index (Phi) is 6.40. The van der Waals surface area contributed by atoms with Crippen LogP contribution in [-0.2, 0) is 9.53 Å². The summed E-state index contributed by atoms with van der Waals surface area (Å²) in [5.41, 5.74) is 0. The number of ether oxygens (including phenoxy) is 2. The van der Waals surface area contributed by atoms with E-state index in [1.807, 2.05) is 30.0 Å². The number of hydrogen-bond donors (Lipinski definition) is 0. The van der Waals surface area contributed by atoms with Gasteiger partial charge in [-0.1, -0.05) is 18.2 Å². The minimum atomic E-state index is -0.346. The summed E-state index contributed by atoms with van der Waals surface area (Å²) in [6.07, 6.45) is 0.454. The van der Waals surface area contributed by atoms with Crippen LogP contribution in [0.5, 0.6) is 5.75 Å². The molecule has 0 aromatic heterocycles. The molecule has 1 aliphatic heterocycles. The largest absolute Gasteiger partial charge is 0.465 e. The topological polar surface area (TPSA) is 59.1 Å². The second-order valence-corrected chi connectivity index (χ2v) is 5.49. The van der Waals surface area contributed by atoms with Gasteiger partial charge < -0.3 is 14.4 Å². The molecule has 1 fully saturated rings. The van der Waals surface area contributed by atoms with Crippen LogP contribution >= 0.6 is 0 Å². The summed E-state index contributed by atoms with van der Waals surface area (Å²) in [5.74, 6) is 0.325. The van der Waals surface area contributed by atoms with Gasteiger partial charge in [0.15, 0.2) is 0 Å². The highest BCUT2D eigenvalue weighted by molar-refractivity contribution is 5.75. The molecule has 0 aliphatic carbocycles. The second kappa shape index (κ2) is 8.53. The van der Waals surface area contributed by atoms with Gasteiger partial charge in [0.05, 0.1) is 6.61 Å². The molecule has 2 rings (SSSR count). The lowest BCUT2D eigenvalue weighted by molar-refractivity contribution is -0.148. The smallest absolute Gasteiger partial charge is 0.415 e. The summed E-state index contributed by atoms with van der Waals surface area (Å²) in [6, 6.07) is 8.75. The predicted molar refractivity (Wildman–Crippen MR) is 86.3 cm³/mol. The fraction of sp³-hybridized carbons (Fsp3) is 0.529. The summed E-state index contributed by atoms with van der Waals surface area (Å²) in [4.78, 5) is 27.8. The zero-order valence-electron chi connectivity index (χ0n) is 13.7. The number of benzene rings is 1. The van der Waals surface area contributed by atoms with Gasteiger partial charge in [-0.3, -0.25) is 9.69 Å². The molecule has 0 radical (unpaired) electrons. The van der Waals surface area contributed by atoms with Crippen molar-refractivity contribution in [2.75, 3.05) is 32.8 Å². The maximum Gasteiger partial charge on any atom is 0.415 e. The van der Waals surface area contributed by atoms with Gasteiger partial charge in [-0.15, -0.1) is 0 Å². The summed E-state index contributed by atoms with van der Waals surface area (Å²) in [7, 11) is 0. The molecule has 126 valence electrons. The van der Waals surface area contributed by atoms with Crippen LogP contribution in [0.1, 0.15) is 20.3 Å². The third kappa shape index (κ3) is 4.96. The Morgan fingerprint density at radius 1 is 1.13 bits per heavy atom. The third-order valence-corrected chi connectivity index (χ3v) is 3.91. The van der Waals surface area contributed by atoms with E-state index in [4.69, 9.17) is 9.47 Å². The van der Waals surface area contributed by atoms with Crippen LogP contribution in [-0.4, -0.2) is 60.7 Å². The Balaban J connectivity index is 1.88. The lowest BCUT2D eigenvalue weighted by Crippen LogP contribution is -2.43. The molecule has 1 heterocycles. The van der Waals surface area contributed by atoms with E-state index in [0.717, 1.165) is 13.0 Å². The molecule has 6 heteroatoms. The lowest BCUT2D eigenvalue weighted by Gasteiger charge is -2.26. The van der Waals surface area contributed by atoms with E-state index in [1.54, 1.807) is 24.0 Å². The maximum absolute atomic E-state index is 12.2. The first-order chi connectivity index (χ1) is 11.1. The van der Waals surface area contributed by atoms with Gasteiger partial charge in [0.2, 0.25) is 0 Å². The minimum absolute atomic E-state index is 0.215. The van der Waals surface area contributed by atoms with Crippen molar-refractivity contribution < 1.29 is 19.1 Å². The predicted octanol–water partition coefficient (Wildman–Crippen LogP) is 2.14. The highest BCUT2D eigenvalue weighted by Gasteiger charge is 2.27. The monoisotopic (exact) mass is 320 g/mol. The number of para-hydroxylation sites is 1. The Bertz CT molecular complexity index is 521. The average molecular weight is 320 g/mol. The van der Waals surface area contributed by atoms with E-state index in [9.17, 15) is 9.59 Å². The third-order valence-electron chi connectivity index (χ3n) is 3.91. The molecule has 1 aliphatic rings. The first-order valence-electron chi connectivity index (χ1n) is 8.04. The summed E-state index contributed by atoms with van der Waals surface area (Å²) >= 11 is 0. The Labute approximate surface area is 137 Å². The van der Waals surface area contributed by atoms with Crippen LogP contribution in [0.3, 0.4) is 0 Å². The molecule has 0 spiro atoms. The van der Waals surface area contributed by atoms with Gasteiger partial charge in [-0.05, 0) is 32.4 Å². The first kappa shape index (κ1) is 17.3. The lowest BCUT2D eigenvalue weighted by atomic mass is 10.2. The molecule has 23 heavy (non-hydrogen) atoms. The van der Waals surface area contributed by atoms with E-state index in [0.29, 0.717) is 32.0 Å². The van der Waals surface area contributed by atoms with E-state index < -0.39 is 0 Å². The fourth-order valence-corrected chi connectivity index (χ4v) is 2.57. The maximum atomic E-state index is 12.2. The fourth-order valence-electron chi connectivity index (χ4n) is 2.57. The van der Waals surface area contributed by atoms with Crippen molar-refractivity contribution in [2.24, 2.45) is 0 Å². The zero-order valence-corrected chi connectivity index (χ0v) is 13.7. The van der Waals surface area contributed by atoms with Gasteiger partial charge in [0.25, 0.3) is 0 Å². The molecular formula is C17H24N2O4. The molecule has 0 unspecified atom stereocenters. The van der Waals surface area contributed by atoms with Crippen molar-refractivity contribution in [1.82, 2.24) is 9.80 Å². The van der Waals surface area contributed by atoms with E-state index in [1.165, 1.54) is 0 Å². The minimum Gasteiger partial charge on any atom is -0.465 e. The SMILES string of the molecule is CCOC(=O)[C@H](C)N1CCCN(C(=O)Oc2ccccc2)CC1. The van der Waals surface area contributed by atoms with E-state index in [-0.39, 0.29) is 18.1 Å². The molecule has 1 atom stereocenters. The van der Waals surface area contributed by atoms with Gasteiger partial charge in [-0.2, -0.15) is 0 Å². The van der Waals surface area contributed by atoms with Gasteiger partial charge in [0.1, 0.15) is 11.8 Å². The number of amides is 1. The molecule has 0 bridgehead atoms. The Hall–Kier alpha value is -2.08. The van der Waals surface area contributed by atoms with Gasteiger partial charge in [-0.25, -0.2) is 4.79 Å². The van der Waals surface area contributed by atoms with Crippen molar-refractivity contribution in [3.63, 3.8) is 0 Å². The summed E-state index contributed by atoms with van der Waals surface area (Å²) in [6.45, 7) is 6.57. The Morgan fingerprint density at radius 2 is 1.87 bits per heavy atom. The molecule has 0 N–H and O–H groups in total. The molecule has 1 aromatic rings. The van der Waals surface area contributed by atoms with Crippen LogP contribution in [0.25, 0.3) is 0 Å². The van der Waals surface area contributed by atoms with Crippen LogP contribution in [0, 0.1) is 0 Å². The van der Waals surface area contributed by atoms with Crippen molar-refractivity contribution in [3.05, 3.63) is 30.3 Å². The molecule has 6 nitrogen and oxygen atoms in total. The normalized spacial score (nSPS) is 17.2. The van der Waals surface area contributed by atoms with Crippen molar-refractivity contribution in [2.45, 2.75) is 26.3 Å². The highest BCUT2D eigenvalue weighted by atomic mass is 16.6. The number of carbonyl (C=O) groups excluding carboxylic acids is 2. The van der Waals surface area contributed by atoms with Crippen molar-refractivity contribution in [1.29, 1.82) is 0 Å². The van der Waals surface area contributed by atoms with Gasteiger partial charge in [0, 0.05) is 26.2 Å². The van der Waals surface area contributed by atoms with Crippen molar-refractivity contribution in [3.8, 4) is 5.75 Å². The zero-order chi connectivity index (χ0) is 16.7. The number of carbonyl (C=O) groups is 2. The number of hydrogen-bond acceptors (Lipinski definition) is 5. The Morgan fingerprint density at radius 3 is 2.57 bits per heavy atom. The molecular weight excluding hydrogens is 296 g/mol. The quantitative estimate of drug-likeness (QED) is 0.796. The number of rotatable bonds is 4. The van der Waals surface area contributed by atoms with E-state index >= 15 is 0 Å². The molecule has 1 aromatic carbocycles. The molecule has 1 amide bonds. The summed E-state index contributed by atoms with van der Waals surface area (Å²) in [5, 5.41) is 0. The second-order valence-electron chi connectivity index (χ2n) is 5.49. The number of esters is 1. The molecule has 1 saturated heterocycles. The highest BCUT2D eigenvalue weighted by Crippen LogP contribution is 2.13. The number of nitrogens with zero attached hydrogens (tertiary/aromatic N) is 2. The van der Waals surface area contributed by atoms with E-state index in [2.05, 4.69) is 0 Å². The van der Waals surface area contributed by atoms with Crippen LogP contribution in [0.15, 0.2) is 30.3 Å². The van der Waals surface area contributed by atoms with Crippen LogP contribution in [0.2, 0.25) is 0 Å².